The summed E-state index contributed by atoms with van der Waals surface area (Å²) in [6.45, 7) is 6.34. The number of rotatable bonds is 9. The van der Waals surface area contributed by atoms with Crippen molar-refractivity contribution in [1.29, 1.82) is 0 Å². The fraction of sp³-hybridized carbons (Fsp3) is 0.562. The lowest BCUT2D eigenvalue weighted by molar-refractivity contribution is -0.140. The molecule has 0 saturated carbocycles. The van der Waals surface area contributed by atoms with Crippen molar-refractivity contribution in [3.8, 4) is 5.75 Å². The number of anilines is 1. The molecule has 0 bridgehead atoms. The molecule has 1 N–H and O–H groups in total. The lowest BCUT2D eigenvalue weighted by atomic mass is 10.1. The first-order valence-corrected chi connectivity index (χ1v) is 7.30. The molecule has 1 aromatic rings. The van der Waals surface area contributed by atoms with E-state index in [1.54, 1.807) is 6.92 Å². The highest BCUT2D eigenvalue weighted by Crippen LogP contribution is 2.28. The Bertz CT molecular complexity index is 449. The summed E-state index contributed by atoms with van der Waals surface area (Å²) in [6, 6.07) is 7.79. The maximum absolute atomic E-state index is 11.1. The number of carboxylic acid groups (broad SMARTS) is 1. The summed E-state index contributed by atoms with van der Waals surface area (Å²) in [5.74, 6) is -0.406. The Balaban J connectivity index is 2.96. The van der Waals surface area contributed by atoms with E-state index >= 15 is 0 Å². The molecule has 1 unspecified atom stereocenters. The number of likely N-dealkylation sites (N-methyl/N-ethyl adjacent to an activating group) is 1. The van der Waals surface area contributed by atoms with Crippen LogP contribution in [0, 0.1) is 5.92 Å². The van der Waals surface area contributed by atoms with Gasteiger partial charge in [-0.15, -0.1) is 0 Å². The average Bonchev–Trinajstić information content (AvgIpc) is 2.44. The van der Waals surface area contributed by atoms with Gasteiger partial charge in [0, 0.05) is 19.6 Å². The van der Waals surface area contributed by atoms with Crippen LogP contribution in [0.2, 0.25) is 0 Å². The quantitative estimate of drug-likeness (QED) is 0.756. The zero-order valence-electron chi connectivity index (χ0n) is 13.4. The van der Waals surface area contributed by atoms with Crippen LogP contribution < -0.4 is 9.64 Å². The summed E-state index contributed by atoms with van der Waals surface area (Å²) in [4.78, 5) is 15.3. The minimum atomic E-state index is -0.779. The van der Waals surface area contributed by atoms with Gasteiger partial charge in [-0.1, -0.05) is 19.1 Å². The third kappa shape index (κ3) is 5.63. The molecule has 1 rings (SSSR count). The number of aliphatic carboxylic acids is 1. The lowest BCUT2D eigenvalue weighted by Gasteiger charge is -2.29. The molecule has 0 amide bonds. The number of hydrogen-bond acceptors (Lipinski definition) is 4. The molecule has 0 aliphatic heterocycles. The number of benzene rings is 1. The average molecular weight is 294 g/mol. The highest BCUT2D eigenvalue weighted by Gasteiger charge is 2.19. The second-order valence-corrected chi connectivity index (χ2v) is 5.39. The second-order valence-electron chi connectivity index (χ2n) is 5.39. The summed E-state index contributed by atoms with van der Waals surface area (Å²) in [5.41, 5.74) is 0.953. The number of carboxylic acids is 1. The monoisotopic (exact) mass is 294 g/mol. The summed E-state index contributed by atoms with van der Waals surface area (Å²) >= 11 is 0. The molecule has 0 radical (unpaired) electrons. The fourth-order valence-electron chi connectivity index (χ4n) is 2.04. The van der Waals surface area contributed by atoms with Crippen LogP contribution in [-0.4, -0.2) is 56.3 Å². The zero-order chi connectivity index (χ0) is 15.8. The van der Waals surface area contributed by atoms with Crippen LogP contribution in [0.4, 0.5) is 5.69 Å². The predicted octanol–water partition coefficient (Wildman–Crippen LogP) is 2.17. The zero-order valence-corrected chi connectivity index (χ0v) is 13.4. The molecular formula is C16H26N2O3. The first-order valence-electron chi connectivity index (χ1n) is 7.30. The molecule has 0 aliphatic rings. The number of para-hydroxylation sites is 2. The Kier molecular flexibility index (Phi) is 7.02. The van der Waals surface area contributed by atoms with E-state index in [0.29, 0.717) is 13.2 Å². The van der Waals surface area contributed by atoms with Crippen LogP contribution in [0.15, 0.2) is 24.3 Å². The highest BCUT2D eigenvalue weighted by atomic mass is 16.5. The van der Waals surface area contributed by atoms with Gasteiger partial charge in [-0.3, -0.25) is 4.79 Å². The Labute approximate surface area is 127 Å². The van der Waals surface area contributed by atoms with Crippen molar-refractivity contribution in [2.45, 2.75) is 13.8 Å². The van der Waals surface area contributed by atoms with Gasteiger partial charge in [-0.05, 0) is 33.2 Å². The predicted molar refractivity (Wildman–Crippen MR) is 85.2 cm³/mol. The highest BCUT2D eigenvalue weighted by molar-refractivity contribution is 5.71. The van der Waals surface area contributed by atoms with Crippen molar-refractivity contribution >= 4 is 11.7 Å². The molecule has 0 aliphatic carbocycles. The Morgan fingerprint density at radius 3 is 2.52 bits per heavy atom. The van der Waals surface area contributed by atoms with Crippen molar-refractivity contribution in [3.63, 3.8) is 0 Å². The first kappa shape index (κ1) is 17.3. The van der Waals surface area contributed by atoms with Crippen LogP contribution in [0.5, 0.6) is 5.75 Å². The standard InChI is InChI=1S/C16H26N2O3/c1-5-21-15-9-7-6-8-14(15)18(11-10-17(3)4)12-13(2)16(19)20/h6-9,13H,5,10-12H2,1-4H3,(H,19,20). The number of carbonyl (C=O) groups is 1. The third-order valence-electron chi connectivity index (χ3n) is 3.24. The smallest absolute Gasteiger partial charge is 0.308 e. The van der Waals surface area contributed by atoms with E-state index in [0.717, 1.165) is 24.5 Å². The topological polar surface area (TPSA) is 53.0 Å². The van der Waals surface area contributed by atoms with Crippen LogP contribution >= 0.6 is 0 Å². The van der Waals surface area contributed by atoms with Crippen molar-refractivity contribution in [2.24, 2.45) is 5.92 Å². The van der Waals surface area contributed by atoms with Crippen molar-refractivity contribution < 1.29 is 14.6 Å². The molecular weight excluding hydrogens is 268 g/mol. The van der Waals surface area contributed by atoms with Gasteiger partial charge < -0.3 is 19.6 Å². The largest absolute Gasteiger partial charge is 0.492 e. The summed E-state index contributed by atoms with van der Waals surface area (Å²) < 4.78 is 5.66. The molecule has 5 heteroatoms. The minimum absolute atomic E-state index is 0.429. The van der Waals surface area contributed by atoms with Crippen LogP contribution in [0.3, 0.4) is 0 Å². The molecule has 118 valence electrons. The normalized spacial score (nSPS) is 12.2. The van der Waals surface area contributed by atoms with Crippen molar-refractivity contribution in [3.05, 3.63) is 24.3 Å². The summed E-state index contributed by atoms with van der Waals surface area (Å²) in [5, 5.41) is 9.16. The van der Waals surface area contributed by atoms with Crippen LogP contribution in [0.1, 0.15) is 13.8 Å². The van der Waals surface area contributed by atoms with Gasteiger partial charge in [0.05, 0.1) is 18.2 Å². The maximum atomic E-state index is 11.1. The van der Waals surface area contributed by atoms with Gasteiger partial charge in [-0.25, -0.2) is 0 Å². The third-order valence-corrected chi connectivity index (χ3v) is 3.24. The van der Waals surface area contributed by atoms with Gasteiger partial charge in [0.2, 0.25) is 0 Å². The van der Waals surface area contributed by atoms with Crippen molar-refractivity contribution in [2.75, 3.05) is 45.2 Å². The first-order chi connectivity index (χ1) is 9.95. The molecule has 5 nitrogen and oxygen atoms in total. The SMILES string of the molecule is CCOc1ccccc1N(CCN(C)C)CC(C)C(=O)O. The Hall–Kier alpha value is -1.75. The number of nitrogens with zero attached hydrogens (tertiary/aromatic N) is 2. The molecule has 0 saturated heterocycles. The van der Waals surface area contributed by atoms with E-state index in [1.807, 2.05) is 45.3 Å². The molecule has 0 fully saturated rings. The number of ether oxygens (including phenoxy) is 1. The van der Waals surface area contributed by atoms with Gasteiger partial charge >= 0.3 is 5.97 Å². The molecule has 21 heavy (non-hydrogen) atoms. The number of hydrogen-bond donors (Lipinski definition) is 1. The Morgan fingerprint density at radius 2 is 1.95 bits per heavy atom. The molecule has 1 aromatic carbocycles. The molecule has 0 heterocycles. The lowest BCUT2D eigenvalue weighted by Crippen LogP contribution is -2.37. The molecule has 1 atom stereocenters. The minimum Gasteiger partial charge on any atom is -0.492 e. The fourth-order valence-corrected chi connectivity index (χ4v) is 2.04. The molecule has 0 spiro atoms. The van der Waals surface area contributed by atoms with Gasteiger partial charge in [0.15, 0.2) is 0 Å². The Morgan fingerprint density at radius 1 is 1.29 bits per heavy atom. The van der Waals surface area contributed by atoms with Gasteiger partial charge in [-0.2, -0.15) is 0 Å². The van der Waals surface area contributed by atoms with E-state index < -0.39 is 11.9 Å². The van der Waals surface area contributed by atoms with E-state index in [4.69, 9.17) is 9.84 Å². The van der Waals surface area contributed by atoms with E-state index in [2.05, 4.69) is 9.80 Å². The maximum Gasteiger partial charge on any atom is 0.308 e. The van der Waals surface area contributed by atoms with Crippen molar-refractivity contribution in [1.82, 2.24) is 4.90 Å². The van der Waals surface area contributed by atoms with E-state index in [9.17, 15) is 4.79 Å². The van der Waals surface area contributed by atoms with Crippen LogP contribution in [0.25, 0.3) is 0 Å². The van der Waals surface area contributed by atoms with E-state index in [-0.39, 0.29) is 0 Å². The summed E-state index contributed by atoms with van der Waals surface area (Å²) in [6.07, 6.45) is 0. The second kappa shape index (κ2) is 8.52. The van der Waals surface area contributed by atoms with Gasteiger partial charge in [0.1, 0.15) is 5.75 Å². The summed E-state index contributed by atoms with van der Waals surface area (Å²) in [7, 11) is 4.01. The van der Waals surface area contributed by atoms with E-state index in [1.165, 1.54) is 0 Å². The van der Waals surface area contributed by atoms with Gasteiger partial charge in [0.25, 0.3) is 0 Å². The van der Waals surface area contributed by atoms with Crippen LogP contribution in [-0.2, 0) is 4.79 Å². The molecule has 0 aromatic heterocycles.